The van der Waals surface area contributed by atoms with Crippen molar-refractivity contribution in [1.29, 1.82) is 0 Å². The number of hydrogen-bond acceptors (Lipinski definition) is 3. The van der Waals surface area contributed by atoms with E-state index >= 15 is 0 Å². The molecule has 0 bridgehead atoms. The van der Waals surface area contributed by atoms with E-state index in [1.54, 1.807) is 11.3 Å². The van der Waals surface area contributed by atoms with Crippen LogP contribution < -0.4 is 5.32 Å². The zero-order chi connectivity index (χ0) is 11.4. The lowest BCUT2D eigenvalue weighted by molar-refractivity contribution is 0.282. The van der Waals surface area contributed by atoms with Gasteiger partial charge in [-0.2, -0.15) is 0 Å². The molecule has 1 aromatic carbocycles. The van der Waals surface area contributed by atoms with Crippen LogP contribution in [-0.2, 0) is 13.2 Å². The normalized spacial score (nSPS) is 10.4. The number of para-hydroxylation sites is 1. The standard InChI is InChI=1S/C12H12BrNOS/c13-12-5-9(8-16-12)6-14-11-4-2-1-3-10(11)7-15/h1-5,8,14-15H,6-7H2. The zero-order valence-electron chi connectivity index (χ0n) is 8.61. The van der Waals surface area contributed by atoms with Crippen LogP contribution in [0.25, 0.3) is 0 Å². The number of thiophene rings is 1. The van der Waals surface area contributed by atoms with Gasteiger partial charge in [0, 0.05) is 17.8 Å². The Morgan fingerprint density at radius 3 is 2.81 bits per heavy atom. The van der Waals surface area contributed by atoms with Gasteiger partial charge in [-0.3, -0.25) is 0 Å². The fourth-order valence-corrected chi connectivity index (χ4v) is 2.68. The molecule has 0 spiro atoms. The van der Waals surface area contributed by atoms with E-state index in [4.69, 9.17) is 0 Å². The minimum absolute atomic E-state index is 0.0660. The number of nitrogens with one attached hydrogen (secondary N) is 1. The molecule has 0 fully saturated rings. The molecule has 0 atom stereocenters. The van der Waals surface area contributed by atoms with Crippen LogP contribution in [0.15, 0.2) is 39.5 Å². The summed E-state index contributed by atoms with van der Waals surface area (Å²) < 4.78 is 1.14. The maximum absolute atomic E-state index is 9.17. The summed E-state index contributed by atoms with van der Waals surface area (Å²) in [5, 5.41) is 14.6. The summed E-state index contributed by atoms with van der Waals surface area (Å²) in [6, 6.07) is 9.89. The summed E-state index contributed by atoms with van der Waals surface area (Å²) in [7, 11) is 0. The number of rotatable bonds is 4. The number of halogens is 1. The Bertz CT molecular complexity index is 470. The fraction of sp³-hybridized carbons (Fsp3) is 0.167. The summed E-state index contributed by atoms with van der Waals surface area (Å²) in [6.45, 7) is 0.843. The molecule has 0 amide bonds. The minimum Gasteiger partial charge on any atom is -0.392 e. The lowest BCUT2D eigenvalue weighted by Gasteiger charge is -2.09. The molecule has 0 aliphatic carbocycles. The fourth-order valence-electron chi connectivity index (χ4n) is 1.47. The van der Waals surface area contributed by atoms with Crippen LogP contribution in [0, 0.1) is 0 Å². The van der Waals surface area contributed by atoms with Crippen LogP contribution >= 0.6 is 27.3 Å². The third kappa shape index (κ3) is 2.84. The number of benzene rings is 1. The first-order chi connectivity index (χ1) is 7.79. The van der Waals surface area contributed by atoms with Crippen molar-refractivity contribution in [2.45, 2.75) is 13.2 Å². The van der Waals surface area contributed by atoms with E-state index in [2.05, 4.69) is 32.7 Å². The van der Waals surface area contributed by atoms with Gasteiger partial charge in [0.1, 0.15) is 0 Å². The molecule has 0 saturated carbocycles. The molecule has 0 saturated heterocycles. The van der Waals surface area contributed by atoms with Crippen molar-refractivity contribution in [3.63, 3.8) is 0 Å². The second-order valence-electron chi connectivity index (χ2n) is 3.43. The highest BCUT2D eigenvalue weighted by atomic mass is 79.9. The molecule has 16 heavy (non-hydrogen) atoms. The van der Waals surface area contributed by atoms with E-state index in [9.17, 15) is 5.11 Å². The predicted molar refractivity (Wildman–Crippen MR) is 71.7 cm³/mol. The molecular formula is C12H12BrNOS. The molecule has 0 radical (unpaired) electrons. The second kappa shape index (κ2) is 5.48. The Morgan fingerprint density at radius 1 is 1.31 bits per heavy atom. The quantitative estimate of drug-likeness (QED) is 0.903. The Kier molecular flexibility index (Phi) is 3.98. The van der Waals surface area contributed by atoms with E-state index in [-0.39, 0.29) is 6.61 Å². The summed E-state index contributed by atoms with van der Waals surface area (Å²) >= 11 is 5.11. The van der Waals surface area contributed by atoms with Crippen molar-refractivity contribution in [1.82, 2.24) is 0 Å². The molecule has 0 aliphatic rings. The summed E-state index contributed by atoms with van der Waals surface area (Å²) in [6.07, 6.45) is 0. The van der Waals surface area contributed by atoms with Gasteiger partial charge in [0.15, 0.2) is 0 Å². The third-order valence-corrected chi connectivity index (χ3v) is 3.85. The van der Waals surface area contributed by atoms with Gasteiger partial charge in [0.2, 0.25) is 0 Å². The van der Waals surface area contributed by atoms with Crippen LogP contribution in [0.5, 0.6) is 0 Å². The van der Waals surface area contributed by atoms with Crippen LogP contribution in [0.1, 0.15) is 11.1 Å². The average Bonchev–Trinajstić information content (AvgIpc) is 2.73. The molecule has 1 heterocycles. The highest BCUT2D eigenvalue weighted by Gasteiger charge is 2.01. The molecule has 84 valence electrons. The first-order valence-corrected chi connectivity index (χ1v) is 6.62. The van der Waals surface area contributed by atoms with Gasteiger partial charge in [0.25, 0.3) is 0 Å². The summed E-state index contributed by atoms with van der Waals surface area (Å²) in [4.78, 5) is 0. The molecule has 0 unspecified atom stereocenters. The number of aliphatic hydroxyl groups is 1. The molecule has 4 heteroatoms. The van der Waals surface area contributed by atoms with Crippen LogP contribution in [0.3, 0.4) is 0 Å². The average molecular weight is 298 g/mol. The van der Waals surface area contributed by atoms with Crippen molar-refractivity contribution < 1.29 is 5.11 Å². The minimum atomic E-state index is 0.0660. The largest absolute Gasteiger partial charge is 0.392 e. The Morgan fingerprint density at radius 2 is 2.12 bits per heavy atom. The van der Waals surface area contributed by atoms with Gasteiger partial charge in [-0.1, -0.05) is 18.2 Å². The number of aliphatic hydroxyl groups excluding tert-OH is 1. The van der Waals surface area contributed by atoms with Gasteiger partial charge in [-0.05, 0) is 39.0 Å². The maximum atomic E-state index is 9.17. The van der Waals surface area contributed by atoms with E-state index < -0.39 is 0 Å². The molecule has 0 aliphatic heterocycles. The SMILES string of the molecule is OCc1ccccc1NCc1csc(Br)c1. The molecule has 2 nitrogen and oxygen atoms in total. The van der Waals surface area contributed by atoms with Crippen molar-refractivity contribution in [3.8, 4) is 0 Å². The monoisotopic (exact) mass is 297 g/mol. The van der Waals surface area contributed by atoms with E-state index in [1.165, 1.54) is 5.56 Å². The van der Waals surface area contributed by atoms with Gasteiger partial charge in [-0.25, -0.2) is 0 Å². The van der Waals surface area contributed by atoms with Gasteiger partial charge in [0.05, 0.1) is 10.4 Å². The highest BCUT2D eigenvalue weighted by Crippen LogP contribution is 2.22. The van der Waals surface area contributed by atoms with Crippen molar-refractivity contribution in [3.05, 3.63) is 50.6 Å². The Hall–Kier alpha value is -0.840. The zero-order valence-corrected chi connectivity index (χ0v) is 11.0. The first kappa shape index (κ1) is 11.6. The van der Waals surface area contributed by atoms with Crippen molar-refractivity contribution in [2.75, 3.05) is 5.32 Å². The van der Waals surface area contributed by atoms with Gasteiger partial charge < -0.3 is 10.4 Å². The van der Waals surface area contributed by atoms with E-state index in [1.807, 2.05) is 24.3 Å². The third-order valence-electron chi connectivity index (χ3n) is 2.29. The number of hydrogen-bond donors (Lipinski definition) is 2. The topological polar surface area (TPSA) is 32.3 Å². The first-order valence-electron chi connectivity index (χ1n) is 4.95. The molecular weight excluding hydrogens is 286 g/mol. The van der Waals surface area contributed by atoms with Crippen LogP contribution in [-0.4, -0.2) is 5.11 Å². The van der Waals surface area contributed by atoms with Gasteiger partial charge >= 0.3 is 0 Å². The maximum Gasteiger partial charge on any atom is 0.0701 e. The number of anilines is 1. The molecule has 2 rings (SSSR count). The predicted octanol–water partition coefficient (Wildman–Crippen LogP) is 3.62. The lowest BCUT2D eigenvalue weighted by Crippen LogP contribution is -2.01. The Labute approximate surface area is 107 Å². The molecule has 1 aromatic heterocycles. The van der Waals surface area contributed by atoms with Crippen LogP contribution in [0.2, 0.25) is 0 Å². The summed E-state index contributed by atoms with van der Waals surface area (Å²) in [5.74, 6) is 0. The molecule has 2 N–H and O–H groups in total. The smallest absolute Gasteiger partial charge is 0.0701 e. The van der Waals surface area contributed by atoms with Crippen LogP contribution in [0.4, 0.5) is 5.69 Å². The molecule has 2 aromatic rings. The van der Waals surface area contributed by atoms with Crippen molar-refractivity contribution in [2.24, 2.45) is 0 Å². The Balaban J connectivity index is 2.04. The lowest BCUT2D eigenvalue weighted by atomic mass is 10.2. The second-order valence-corrected chi connectivity index (χ2v) is 5.72. The van der Waals surface area contributed by atoms with Crippen molar-refractivity contribution >= 4 is 33.0 Å². The highest BCUT2D eigenvalue weighted by molar-refractivity contribution is 9.11. The van der Waals surface area contributed by atoms with Gasteiger partial charge in [-0.15, -0.1) is 11.3 Å². The van der Waals surface area contributed by atoms with E-state index in [0.29, 0.717) is 0 Å². The summed E-state index contributed by atoms with van der Waals surface area (Å²) in [5.41, 5.74) is 3.16. The van der Waals surface area contributed by atoms with E-state index in [0.717, 1.165) is 21.6 Å².